The van der Waals surface area contributed by atoms with E-state index in [0.717, 1.165) is 5.56 Å². The van der Waals surface area contributed by atoms with Gasteiger partial charge in [0, 0.05) is 35.8 Å². The van der Waals surface area contributed by atoms with E-state index in [9.17, 15) is 9.59 Å². The lowest BCUT2D eigenvalue weighted by molar-refractivity contribution is -0.123. The molecule has 2 amide bonds. The molecule has 0 atom stereocenters. The van der Waals surface area contributed by atoms with Crippen molar-refractivity contribution in [2.75, 3.05) is 27.9 Å². The minimum absolute atomic E-state index is 0.0247. The van der Waals surface area contributed by atoms with Crippen molar-refractivity contribution in [2.24, 2.45) is 0 Å². The molecule has 0 spiro atoms. The van der Waals surface area contributed by atoms with Gasteiger partial charge in [-0.3, -0.25) is 9.59 Å². The van der Waals surface area contributed by atoms with Crippen molar-refractivity contribution in [1.82, 2.24) is 10.2 Å². The first kappa shape index (κ1) is 23.3. The van der Waals surface area contributed by atoms with Crippen molar-refractivity contribution < 1.29 is 23.8 Å². The van der Waals surface area contributed by atoms with Crippen LogP contribution in [0.3, 0.4) is 0 Å². The van der Waals surface area contributed by atoms with Gasteiger partial charge < -0.3 is 24.4 Å². The third kappa shape index (κ3) is 6.29. The molecule has 2 rings (SSSR count). The summed E-state index contributed by atoms with van der Waals surface area (Å²) in [5.41, 5.74) is 1.22. The third-order valence-corrected chi connectivity index (χ3v) is 4.45. The van der Waals surface area contributed by atoms with Gasteiger partial charge in [-0.1, -0.05) is 11.6 Å². The Morgan fingerprint density at radius 3 is 2.33 bits per heavy atom. The van der Waals surface area contributed by atoms with Crippen LogP contribution in [0.4, 0.5) is 0 Å². The minimum atomic E-state index is -0.234. The van der Waals surface area contributed by atoms with Gasteiger partial charge in [0.2, 0.25) is 0 Å². The van der Waals surface area contributed by atoms with Crippen molar-refractivity contribution >= 4 is 23.4 Å². The van der Waals surface area contributed by atoms with Crippen molar-refractivity contribution in [1.29, 1.82) is 0 Å². The van der Waals surface area contributed by atoms with Crippen LogP contribution in [-0.4, -0.2) is 50.6 Å². The van der Waals surface area contributed by atoms with E-state index in [1.54, 1.807) is 55.5 Å². The summed E-state index contributed by atoms with van der Waals surface area (Å²) in [7, 11) is 4.74. The number of carbonyl (C=O) groups excluding carboxylic acids is 2. The number of nitrogens with zero attached hydrogens (tertiary/aromatic N) is 1. The van der Waals surface area contributed by atoms with E-state index < -0.39 is 0 Å². The Labute approximate surface area is 181 Å². The Hall–Kier alpha value is -2.93. The largest absolute Gasteiger partial charge is 0.496 e. The Morgan fingerprint density at radius 2 is 1.70 bits per heavy atom. The first-order valence-electron chi connectivity index (χ1n) is 9.43. The fourth-order valence-corrected chi connectivity index (χ4v) is 3.04. The zero-order valence-electron chi connectivity index (χ0n) is 17.8. The molecule has 0 saturated heterocycles. The molecule has 2 aromatic rings. The highest BCUT2D eigenvalue weighted by atomic mass is 35.5. The van der Waals surface area contributed by atoms with Crippen LogP contribution in [0.15, 0.2) is 36.4 Å². The maximum absolute atomic E-state index is 12.9. The molecule has 0 fully saturated rings. The molecule has 8 heteroatoms. The van der Waals surface area contributed by atoms with E-state index >= 15 is 0 Å². The highest BCUT2D eigenvalue weighted by molar-refractivity contribution is 6.30. The fourth-order valence-electron chi connectivity index (χ4n) is 2.85. The van der Waals surface area contributed by atoms with Crippen LogP contribution in [0.2, 0.25) is 5.02 Å². The summed E-state index contributed by atoms with van der Waals surface area (Å²) >= 11 is 6.07. The van der Waals surface area contributed by atoms with Crippen LogP contribution < -0.4 is 19.5 Å². The molecule has 30 heavy (non-hydrogen) atoms. The molecule has 0 aliphatic rings. The second-order valence-corrected chi connectivity index (χ2v) is 7.43. The van der Waals surface area contributed by atoms with Gasteiger partial charge in [0.15, 0.2) is 18.1 Å². The number of carbonyl (C=O) groups is 2. The highest BCUT2D eigenvalue weighted by Gasteiger charge is 2.17. The van der Waals surface area contributed by atoms with Crippen molar-refractivity contribution in [3.8, 4) is 17.2 Å². The number of benzene rings is 2. The maximum Gasteiger partial charge on any atom is 0.258 e. The topological polar surface area (TPSA) is 77.1 Å². The van der Waals surface area contributed by atoms with E-state index in [1.807, 2.05) is 13.8 Å². The number of halogens is 1. The van der Waals surface area contributed by atoms with Gasteiger partial charge in [-0.25, -0.2) is 0 Å². The van der Waals surface area contributed by atoms with Crippen LogP contribution in [0.1, 0.15) is 29.8 Å². The number of hydrogen-bond donors (Lipinski definition) is 1. The average molecular weight is 435 g/mol. The molecule has 0 heterocycles. The van der Waals surface area contributed by atoms with Crippen molar-refractivity contribution in [3.05, 3.63) is 52.5 Å². The molecule has 0 aromatic heterocycles. The summed E-state index contributed by atoms with van der Waals surface area (Å²) in [6, 6.07) is 10.1. The van der Waals surface area contributed by atoms with Crippen LogP contribution >= 0.6 is 11.6 Å². The van der Waals surface area contributed by atoms with Gasteiger partial charge in [-0.15, -0.1) is 0 Å². The molecule has 0 aliphatic carbocycles. The summed E-state index contributed by atoms with van der Waals surface area (Å²) < 4.78 is 16.2. The molecule has 162 valence electrons. The van der Waals surface area contributed by atoms with Crippen molar-refractivity contribution in [2.45, 2.75) is 26.4 Å². The molecule has 0 aliphatic heterocycles. The zero-order chi connectivity index (χ0) is 22.3. The van der Waals surface area contributed by atoms with Gasteiger partial charge in [0.25, 0.3) is 11.8 Å². The Bertz CT molecular complexity index is 901. The number of ether oxygens (including phenoxy) is 3. The molecule has 1 N–H and O–H groups in total. The number of amides is 2. The molecule has 2 aromatic carbocycles. The lowest BCUT2D eigenvalue weighted by atomic mass is 10.1. The molecular weight excluding hydrogens is 408 g/mol. The fraction of sp³-hybridized carbons (Fsp3) is 0.364. The standard InChI is InChI=1S/C22H27ClN2O5/c1-14(2)24-21(26)13-30-19-8-6-15(11-20(19)29-5)22(27)25(3)12-16-10-17(23)7-9-18(16)28-4/h6-11,14H,12-13H2,1-5H3,(H,24,26). The SMILES string of the molecule is COc1ccc(Cl)cc1CN(C)C(=O)c1ccc(OCC(=O)NC(C)C)c(OC)c1. The molecule has 0 radical (unpaired) electrons. The Kier molecular flexibility index (Phi) is 8.35. The minimum Gasteiger partial charge on any atom is -0.496 e. The first-order chi connectivity index (χ1) is 14.2. The molecular formula is C22H27ClN2O5. The smallest absolute Gasteiger partial charge is 0.258 e. The molecule has 0 saturated carbocycles. The van der Waals surface area contributed by atoms with E-state index in [0.29, 0.717) is 34.4 Å². The zero-order valence-corrected chi connectivity index (χ0v) is 18.6. The van der Waals surface area contributed by atoms with E-state index in [4.69, 9.17) is 25.8 Å². The first-order valence-corrected chi connectivity index (χ1v) is 9.81. The number of rotatable bonds is 9. The summed E-state index contributed by atoms with van der Waals surface area (Å²) in [5.74, 6) is 0.959. The predicted octanol–water partition coefficient (Wildman–Crippen LogP) is 3.53. The van der Waals surface area contributed by atoms with Gasteiger partial charge in [0.1, 0.15) is 5.75 Å². The summed E-state index contributed by atoms with van der Waals surface area (Å²) in [5, 5.41) is 3.31. The summed E-state index contributed by atoms with van der Waals surface area (Å²) in [4.78, 5) is 26.2. The average Bonchev–Trinajstić information content (AvgIpc) is 2.71. The number of methoxy groups -OCH3 is 2. The summed E-state index contributed by atoms with van der Waals surface area (Å²) in [6.45, 7) is 3.91. The maximum atomic E-state index is 12.9. The monoisotopic (exact) mass is 434 g/mol. The third-order valence-electron chi connectivity index (χ3n) is 4.22. The Morgan fingerprint density at radius 1 is 1.03 bits per heavy atom. The van der Waals surface area contributed by atoms with Gasteiger partial charge in [-0.05, 0) is 50.2 Å². The number of hydrogen-bond acceptors (Lipinski definition) is 5. The second kappa shape index (κ2) is 10.7. The lowest BCUT2D eigenvalue weighted by Crippen LogP contribution is -2.34. The summed E-state index contributed by atoms with van der Waals surface area (Å²) in [6.07, 6.45) is 0. The van der Waals surface area contributed by atoms with Gasteiger partial charge >= 0.3 is 0 Å². The van der Waals surface area contributed by atoms with Crippen LogP contribution in [0.5, 0.6) is 17.2 Å². The van der Waals surface area contributed by atoms with E-state index in [1.165, 1.54) is 7.11 Å². The van der Waals surface area contributed by atoms with Crippen LogP contribution in [-0.2, 0) is 11.3 Å². The molecule has 0 unspecified atom stereocenters. The van der Waals surface area contributed by atoms with Crippen LogP contribution in [0.25, 0.3) is 0 Å². The molecule has 7 nitrogen and oxygen atoms in total. The van der Waals surface area contributed by atoms with E-state index in [2.05, 4.69) is 5.32 Å². The lowest BCUT2D eigenvalue weighted by Gasteiger charge is -2.20. The number of nitrogens with one attached hydrogen (secondary N) is 1. The quantitative estimate of drug-likeness (QED) is 0.653. The second-order valence-electron chi connectivity index (χ2n) is 6.99. The van der Waals surface area contributed by atoms with Crippen molar-refractivity contribution in [3.63, 3.8) is 0 Å². The highest BCUT2D eigenvalue weighted by Crippen LogP contribution is 2.29. The Balaban J connectivity index is 2.12. The van der Waals surface area contributed by atoms with E-state index in [-0.39, 0.29) is 24.5 Å². The van der Waals surface area contributed by atoms with Gasteiger partial charge in [0.05, 0.1) is 14.2 Å². The van der Waals surface area contributed by atoms with Gasteiger partial charge in [-0.2, -0.15) is 0 Å². The van der Waals surface area contributed by atoms with Crippen LogP contribution in [0, 0.1) is 0 Å². The predicted molar refractivity (Wildman–Crippen MR) is 116 cm³/mol. The normalized spacial score (nSPS) is 10.5. The molecule has 0 bridgehead atoms.